The van der Waals surface area contributed by atoms with E-state index in [-0.39, 0.29) is 11.3 Å². The van der Waals surface area contributed by atoms with Gasteiger partial charge in [-0.25, -0.2) is 0 Å². The van der Waals surface area contributed by atoms with E-state index >= 15 is 0 Å². The summed E-state index contributed by atoms with van der Waals surface area (Å²) in [6.07, 6.45) is 3.41. The quantitative estimate of drug-likeness (QED) is 0.731. The molecule has 1 aliphatic carbocycles. The summed E-state index contributed by atoms with van der Waals surface area (Å²) in [5.41, 5.74) is 2.03. The van der Waals surface area contributed by atoms with Gasteiger partial charge in [-0.1, -0.05) is 48.4 Å². The van der Waals surface area contributed by atoms with Gasteiger partial charge in [0.05, 0.1) is 0 Å². The number of rotatable bonds is 4. The molecular formula is C20H18ClNO2. The van der Waals surface area contributed by atoms with E-state index in [1.54, 1.807) is 24.3 Å². The molecule has 3 nitrogen and oxygen atoms in total. The second kappa shape index (κ2) is 5.99. The van der Waals surface area contributed by atoms with Crippen LogP contribution in [0.15, 0.2) is 59.0 Å². The van der Waals surface area contributed by atoms with Crippen molar-refractivity contribution >= 4 is 28.5 Å². The van der Waals surface area contributed by atoms with E-state index < -0.39 is 0 Å². The molecule has 4 rings (SSSR count). The zero-order valence-corrected chi connectivity index (χ0v) is 14.0. The van der Waals surface area contributed by atoms with Crippen LogP contribution in [-0.4, -0.2) is 12.5 Å². The third-order valence-corrected chi connectivity index (χ3v) is 5.22. The van der Waals surface area contributed by atoms with Gasteiger partial charge in [0.2, 0.25) is 0 Å². The molecule has 0 radical (unpaired) electrons. The molecule has 0 unspecified atom stereocenters. The van der Waals surface area contributed by atoms with Crippen LogP contribution in [0.2, 0.25) is 5.02 Å². The summed E-state index contributed by atoms with van der Waals surface area (Å²) in [6.45, 7) is 0.633. The first kappa shape index (κ1) is 15.3. The number of halogens is 1. The summed E-state index contributed by atoms with van der Waals surface area (Å²) in [7, 11) is 0. The smallest absolute Gasteiger partial charge is 0.287 e. The van der Waals surface area contributed by atoms with Crippen molar-refractivity contribution in [1.29, 1.82) is 0 Å². The molecule has 1 aromatic heterocycles. The predicted molar refractivity (Wildman–Crippen MR) is 95.5 cm³/mol. The van der Waals surface area contributed by atoms with Crippen molar-refractivity contribution in [2.75, 3.05) is 6.54 Å². The fourth-order valence-electron chi connectivity index (χ4n) is 3.43. The number of nitrogens with one attached hydrogen (secondary N) is 1. The maximum atomic E-state index is 12.5. The first-order chi connectivity index (χ1) is 11.7. The maximum Gasteiger partial charge on any atom is 0.287 e. The highest BCUT2D eigenvalue weighted by Gasteiger charge is 2.38. The average Bonchev–Trinajstić information content (AvgIpc) is 2.98. The number of carbonyl (C=O) groups is 1. The lowest BCUT2D eigenvalue weighted by Crippen LogP contribution is -2.45. The minimum absolute atomic E-state index is 0.0617. The van der Waals surface area contributed by atoms with Crippen molar-refractivity contribution in [1.82, 2.24) is 5.32 Å². The maximum absolute atomic E-state index is 12.5. The van der Waals surface area contributed by atoms with Crippen molar-refractivity contribution < 1.29 is 9.21 Å². The van der Waals surface area contributed by atoms with Crippen LogP contribution in [-0.2, 0) is 5.41 Å². The SMILES string of the molecule is O=C(NCC1(c2ccccc2)CCC1)c1cc2cc(Cl)ccc2o1. The van der Waals surface area contributed by atoms with Crippen LogP contribution in [0.1, 0.15) is 35.4 Å². The Bertz CT molecular complexity index is 881. The van der Waals surface area contributed by atoms with Crippen molar-refractivity contribution in [3.63, 3.8) is 0 Å². The van der Waals surface area contributed by atoms with Crippen molar-refractivity contribution in [2.45, 2.75) is 24.7 Å². The lowest BCUT2D eigenvalue weighted by atomic mass is 9.64. The zero-order valence-electron chi connectivity index (χ0n) is 13.2. The highest BCUT2D eigenvalue weighted by Crippen LogP contribution is 2.43. The topological polar surface area (TPSA) is 42.2 Å². The minimum Gasteiger partial charge on any atom is -0.451 e. The molecule has 2 aromatic carbocycles. The van der Waals surface area contributed by atoms with Crippen LogP contribution < -0.4 is 5.32 Å². The molecule has 0 saturated heterocycles. The number of carbonyl (C=O) groups excluding carboxylic acids is 1. The normalized spacial score (nSPS) is 15.9. The van der Waals surface area contributed by atoms with Crippen LogP contribution in [0.5, 0.6) is 0 Å². The average molecular weight is 340 g/mol. The molecule has 0 atom stereocenters. The van der Waals surface area contributed by atoms with Crippen LogP contribution in [0.25, 0.3) is 11.0 Å². The summed E-state index contributed by atoms with van der Waals surface area (Å²) in [5.74, 6) is 0.152. The molecular weight excluding hydrogens is 322 g/mol. The first-order valence-corrected chi connectivity index (χ1v) is 8.57. The molecule has 0 bridgehead atoms. The van der Waals surface area contributed by atoms with Crippen molar-refractivity contribution in [2.24, 2.45) is 0 Å². The van der Waals surface area contributed by atoms with Crippen molar-refractivity contribution in [3.05, 3.63) is 70.9 Å². The Morgan fingerprint density at radius 2 is 1.92 bits per heavy atom. The van der Waals surface area contributed by atoms with Crippen LogP contribution in [0, 0.1) is 0 Å². The summed E-state index contributed by atoms with van der Waals surface area (Å²) < 4.78 is 5.64. The lowest BCUT2D eigenvalue weighted by molar-refractivity contribution is 0.0902. The summed E-state index contributed by atoms with van der Waals surface area (Å²) in [5, 5.41) is 4.52. The van der Waals surface area contributed by atoms with Gasteiger partial charge >= 0.3 is 0 Å². The Balaban J connectivity index is 1.51. The molecule has 122 valence electrons. The molecule has 1 N–H and O–H groups in total. The van der Waals surface area contributed by atoms with Gasteiger partial charge < -0.3 is 9.73 Å². The summed E-state index contributed by atoms with van der Waals surface area (Å²) in [4.78, 5) is 12.5. The van der Waals surface area contributed by atoms with E-state index in [1.165, 1.54) is 12.0 Å². The number of furan rings is 1. The molecule has 0 spiro atoms. The number of hydrogen-bond acceptors (Lipinski definition) is 2. The Labute approximate surface area is 145 Å². The van der Waals surface area contributed by atoms with Gasteiger partial charge in [0, 0.05) is 22.4 Å². The summed E-state index contributed by atoms with van der Waals surface area (Å²) >= 11 is 5.98. The third-order valence-electron chi connectivity index (χ3n) is 4.99. The Hall–Kier alpha value is -2.26. The molecule has 1 amide bonds. The van der Waals surface area contributed by atoms with Gasteiger partial charge in [-0.15, -0.1) is 0 Å². The minimum atomic E-state index is -0.176. The van der Waals surface area contributed by atoms with Gasteiger partial charge in [0.15, 0.2) is 5.76 Å². The van der Waals surface area contributed by atoms with Gasteiger partial charge in [0.1, 0.15) is 5.58 Å². The molecule has 0 aliphatic heterocycles. The molecule has 1 saturated carbocycles. The van der Waals surface area contributed by atoms with Gasteiger partial charge in [-0.05, 0) is 42.7 Å². The lowest BCUT2D eigenvalue weighted by Gasteiger charge is -2.42. The van der Waals surface area contributed by atoms with E-state index in [2.05, 4.69) is 29.6 Å². The van der Waals surface area contributed by atoms with E-state index in [9.17, 15) is 4.79 Å². The Morgan fingerprint density at radius 1 is 1.12 bits per heavy atom. The van der Waals surface area contributed by atoms with Crippen LogP contribution in [0.4, 0.5) is 0 Å². The number of amides is 1. The molecule has 1 heterocycles. The predicted octanol–water partition coefficient (Wildman–Crippen LogP) is 4.94. The van der Waals surface area contributed by atoms with Crippen LogP contribution >= 0.6 is 11.6 Å². The highest BCUT2D eigenvalue weighted by atomic mass is 35.5. The monoisotopic (exact) mass is 339 g/mol. The largest absolute Gasteiger partial charge is 0.451 e. The van der Waals surface area contributed by atoms with E-state index in [1.807, 2.05) is 6.07 Å². The number of benzene rings is 2. The fourth-order valence-corrected chi connectivity index (χ4v) is 3.61. The molecule has 3 aromatic rings. The Morgan fingerprint density at radius 3 is 2.62 bits per heavy atom. The zero-order chi connectivity index (χ0) is 16.6. The van der Waals surface area contributed by atoms with Gasteiger partial charge in [-0.3, -0.25) is 4.79 Å². The third kappa shape index (κ3) is 2.69. The van der Waals surface area contributed by atoms with Gasteiger partial charge in [-0.2, -0.15) is 0 Å². The standard InChI is InChI=1S/C20H18ClNO2/c21-16-7-8-17-14(11-16)12-18(24-17)19(23)22-13-20(9-4-10-20)15-5-2-1-3-6-15/h1-3,5-8,11-12H,4,9-10,13H2,(H,22,23). The van der Waals surface area contributed by atoms with E-state index in [4.69, 9.17) is 16.0 Å². The van der Waals surface area contributed by atoms with Crippen LogP contribution in [0.3, 0.4) is 0 Å². The molecule has 1 fully saturated rings. The van der Waals surface area contributed by atoms with Crippen molar-refractivity contribution in [3.8, 4) is 0 Å². The van der Waals surface area contributed by atoms with E-state index in [0.717, 1.165) is 18.2 Å². The molecule has 4 heteroatoms. The second-order valence-electron chi connectivity index (χ2n) is 6.48. The number of fused-ring (bicyclic) bond motifs is 1. The van der Waals surface area contributed by atoms with E-state index in [0.29, 0.717) is 22.9 Å². The highest BCUT2D eigenvalue weighted by molar-refractivity contribution is 6.31. The molecule has 24 heavy (non-hydrogen) atoms. The molecule has 1 aliphatic rings. The first-order valence-electron chi connectivity index (χ1n) is 8.19. The fraction of sp³-hybridized carbons (Fsp3) is 0.250. The summed E-state index contributed by atoms with van der Waals surface area (Å²) in [6, 6.07) is 17.5. The Kier molecular flexibility index (Phi) is 3.81. The second-order valence-corrected chi connectivity index (χ2v) is 6.91. The number of hydrogen-bond donors (Lipinski definition) is 1. The van der Waals surface area contributed by atoms with Gasteiger partial charge in [0.25, 0.3) is 5.91 Å².